The average molecular weight is 434 g/mol. The zero-order chi connectivity index (χ0) is 20.8. The minimum absolute atomic E-state index is 0.0000788. The molecule has 1 unspecified atom stereocenters. The van der Waals surface area contributed by atoms with Gasteiger partial charge in [-0.2, -0.15) is 9.82 Å². The summed E-state index contributed by atoms with van der Waals surface area (Å²) in [5.74, 6) is -2.04. The molecule has 10 heteroatoms. The Hall–Kier alpha value is -2.53. The number of carboxylic acid groups (broad SMARTS) is 1. The van der Waals surface area contributed by atoms with Crippen LogP contribution in [0.1, 0.15) is 24.0 Å². The number of aliphatic hydroxyl groups excluding tert-OH is 1. The van der Waals surface area contributed by atoms with Gasteiger partial charge in [-0.1, -0.05) is 37.3 Å². The van der Waals surface area contributed by atoms with Crippen LogP contribution in [0.4, 0.5) is 0 Å². The SMILES string of the molecule is CC1[C@H](c2ccccc2)[C@]1(NS(=O)(=O)c1ccc(-n2cc(CO)cn2)s1)C(=O)O. The van der Waals surface area contributed by atoms with Gasteiger partial charge in [0.25, 0.3) is 10.0 Å². The Bertz CT molecular complexity index is 1160. The summed E-state index contributed by atoms with van der Waals surface area (Å²) >= 11 is 0.971. The van der Waals surface area contributed by atoms with Gasteiger partial charge >= 0.3 is 5.97 Å². The van der Waals surface area contributed by atoms with Crippen molar-refractivity contribution < 1.29 is 23.4 Å². The van der Waals surface area contributed by atoms with Gasteiger partial charge in [-0.25, -0.2) is 13.1 Å². The Morgan fingerprint density at radius 2 is 2.00 bits per heavy atom. The third-order valence-electron chi connectivity index (χ3n) is 5.29. The van der Waals surface area contributed by atoms with E-state index >= 15 is 0 Å². The van der Waals surface area contributed by atoms with Crippen LogP contribution in [0, 0.1) is 5.92 Å². The van der Waals surface area contributed by atoms with Crippen molar-refractivity contribution in [1.82, 2.24) is 14.5 Å². The molecule has 2 heterocycles. The number of carboxylic acids is 1. The highest BCUT2D eigenvalue weighted by Crippen LogP contribution is 2.58. The average Bonchev–Trinajstić information content (AvgIpc) is 3.13. The zero-order valence-corrected chi connectivity index (χ0v) is 17.0. The lowest BCUT2D eigenvalue weighted by Crippen LogP contribution is -2.45. The van der Waals surface area contributed by atoms with Crippen molar-refractivity contribution in [3.63, 3.8) is 0 Å². The molecule has 0 radical (unpaired) electrons. The van der Waals surface area contributed by atoms with Crippen molar-refractivity contribution in [2.75, 3.05) is 0 Å². The van der Waals surface area contributed by atoms with E-state index < -0.39 is 33.4 Å². The molecule has 1 saturated carbocycles. The van der Waals surface area contributed by atoms with Crippen molar-refractivity contribution in [2.45, 2.75) is 29.2 Å². The molecule has 0 spiro atoms. The molecule has 1 aliphatic rings. The van der Waals surface area contributed by atoms with E-state index in [0.717, 1.165) is 16.9 Å². The van der Waals surface area contributed by atoms with Crippen LogP contribution in [0.25, 0.3) is 5.00 Å². The largest absolute Gasteiger partial charge is 0.480 e. The summed E-state index contributed by atoms with van der Waals surface area (Å²) in [6.07, 6.45) is 3.09. The van der Waals surface area contributed by atoms with Crippen molar-refractivity contribution in [3.8, 4) is 5.00 Å². The van der Waals surface area contributed by atoms with E-state index in [9.17, 15) is 18.3 Å². The van der Waals surface area contributed by atoms with Crippen LogP contribution in [0.5, 0.6) is 0 Å². The Labute approximate surface area is 171 Å². The molecule has 0 aliphatic heterocycles. The van der Waals surface area contributed by atoms with Crippen LogP contribution in [0.3, 0.4) is 0 Å². The van der Waals surface area contributed by atoms with Gasteiger partial charge in [0.15, 0.2) is 0 Å². The number of carbonyl (C=O) groups is 1. The lowest BCUT2D eigenvalue weighted by molar-refractivity contribution is -0.140. The monoisotopic (exact) mass is 433 g/mol. The Kier molecular flexibility index (Phi) is 4.82. The van der Waals surface area contributed by atoms with E-state index in [4.69, 9.17) is 5.11 Å². The first-order valence-corrected chi connectivity index (χ1v) is 11.2. The smallest absolute Gasteiger partial charge is 0.325 e. The van der Waals surface area contributed by atoms with Gasteiger partial charge in [0.05, 0.1) is 12.8 Å². The number of aliphatic carboxylic acids is 1. The zero-order valence-electron chi connectivity index (χ0n) is 15.4. The van der Waals surface area contributed by atoms with Gasteiger partial charge in [-0.15, -0.1) is 11.3 Å². The fourth-order valence-corrected chi connectivity index (χ4v) is 6.40. The summed E-state index contributed by atoms with van der Waals surface area (Å²) in [6.45, 7) is 1.56. The van der Waals surface area contributed by atoms with E-state index in [0.29, 0.717) is 10.6 Å². The first-order valence-electron chi connectivity index (χ1n) is 8.86. The van der Waals surface area contributed by atoms with Crippen molar-refractivity contribution >= 4 is 27.3 Å². The predicted molar refractivity (Wildman–Crippen MR) is 106 cm³/mol. The number of benzene rings is 1. The molecule has 3 N–H and O–H groups in total. The second-order valence-electron chi connectivity index (χ2n) is 7.00. The molecular formula is C19H19N3O5S2. The van der Waals surface area contributed by atoms with Gasteiger partial charge in [-0.3, -0.25) is 4.79 Å². The molecule has 0 amide bonds. The first-order chi connectivity index (χ1) is 13.8. The molecule has 1 aliphatic carbocycles. The fraction of sp³-hybridized carbons (Fsp3) is 0.263. The normalized spacial score (nSPS) is 23.8. The highest BCUT2D eigenvalue weighted by atomic mass is 32.2. The number of nitrogens with one attached hydrogen (secondary N) is 1. The van der Waals surface area contributed by atoms with E-state index in [1.807, 2.05) is 6.07 Å². The molecule has 3 aromatic rings. The summed E-state index contributed by atoms with van der Waals surface area (Å²) in [4.78, 5) is 12.1. The molecule has 2 aromatic heterocycles. The van der Waals surface area contributed by atoms with Crippen molar-refractivity contribution in [1.29, 1.82) is 0 Å². The first kappa shape index (κ1) is 19.8. The van der Waals surface area contributed by atoms with Crippen LogP contribution < -0.4 is 4.72 Å². The number of thiophene rings is 1. The van der Waals surface area contributed by atoms with Gasteiger partial charge < -0.3 is 10.2 Å². The van der Waals surface area contributed by atoms with E-state index in [2.05, 4.69) is 9.82 Å². The Balaban J connectivity index is 1.63. The van der Waals surface area contributed by atoms with Crippen LogP contribution in [-0.4, -0.2) is 39.9 Å². The molecule has 8 nitrogen and oxygen atoms in total. The van der Waals surface area contributed by atoms with Crippen LogP contribution in [0.15, 0.2) is 59.1 Å². The lowest BCUT2D eigenvalue weighted by Gasteiger charge is -2.15. The molecule has 4 rings (SSSR count). The van der Waals surface area contributed by atoms with Crippen LogP contribution in [0.2, 0.25) is 0 Å². The number of aromatic nitrogens is 2. The number of hydrogen-bond donors (Lipinski definition) is 3. The van der Waals surface area contributed by atoms with E-state index in [-0.39, 0.29) is 10.8 Å². The minimum Gasteiger partial charge on any atom is -0.480 e. The Morgan fingerprint density at radius 1 is 1.28 bits per heavy atom. The number of aliphatic hydroxyl groups is 1. The van der Waals surface area contributed by atoms with Gasteiger partial charge in [0, 0.05) is 17.7 Å². The molecule has 3 atom stereocenters. The second-order valence-corrected chi connectivity index (χ2v) is 9.97. The minimum atomic E-state index is -4.06. The third kappa shape index (κ3) is 3.27. The molecule has 152 valence electrons. The number of hydrogen-bond acceptors (Lipinski definition) is 6. The summed E-state index contributed by atoms with van der Waals surface area (Å²) < 4.78 is 29.9. The van der Waals surface area contributed by atoms with Crippen LogP contribution in [-0.2, 0) is 21.4 Å². The summed E-state index contributed by atoms with van der Waals surface area (Å²) in [7, 11) is -4.06. The highest BCUT2D eigenvalue weighted by Gasteiger charge is 2.70. The third-order valence-corrected chi connectivity index (χ3v) is 8.34. The van der Waals surface area contributed by atoms with Gasteiger partial charge in [0.2, 0.25) is 0 Å². The number of rotatable bonds is 7. The fourth-order valence-electron chi connectivity index (χ4n) is 3.71. The van der Waals surface area contributed by atoms with Gasteiger partial charge in [0.1, 0.15) is 14.7 Å². The quantitative estimate of drug-likeness (QED) is 0.524. The molecule has 0 bridgehead atoms. The summed E-state index contributed by atoms with van der Waals surface area (Å²) in [5, 5.41) is 23.6. The van der Waals surface area contributed by atoms with Crippen LogP contribution >= 0.6 is 11.3 Å². The molecule has 1 fully saturated rings. The Morgan fingerprint density at radius 3 is 2.62 bits per heavy atom. The number of sulfonamides is 1. The standard InChI is InChI=1S/C19H19N3O5S2/c1-12-17(14-5-3-2-4-6-14)19(12,18(24)25)21-29(26,27)16-8-7-15(28-16)22-10-13(11-23)9-20-22/h2-10,12,17,21,23H,11H2,1H3,(H,24,25)/t12?,17-,19+/m1/s1. The van der Waals surface area contributed by atoms with E-state index in [1.165, 1.54) is 16.9 Å². The molecule has 0 saturated heterocycles. The topological polar surface area (TPSA) is 122 Å². The van der Waals surface area contributed by atoms with Gasteiger partial charge in [-0.05, 0) is 23.6 Å². The maximum Gasteiger partial charge on any atom is 0.325 e. The van der Waals surface area contributed by atoms with E-state index in [1.54, 1.807) is 43.5 Å². The molecular weight excluding hydrogens is 414 g/mol. The predicted octanol–water partition coefficient (Wildman–Crippen LogP) is 1.96. The number of nitrogens with zero attached hydrogens (tertiary/aromatic N) is 2. The maximum absolute atomic E-state index is 13.0. The summed E-state index contributed by atoms with van der Waals surface area (Å²) in [5.41, 5.74) is -0.201. The lowest BCUT2D eigenvalue weighted by atomic mass is 10.1. The van der Waals surface area contributed by atoms with Crippen molar-refractivity contribution in [3.05, 3.63) is 66.0 Å². The molecule has 29 heavy (non-hydrogen) atoms. The summed E-state index contributed by atoms with van der Waals surface area (Å²) in [6, 6.07) is 12.1. The maximum atomic E-state index is 13.0. The second kappa shape index (κ2) is 7.06. The van der Waals surface area contributed by atoms with Crippen molar-refractivity contribution in [2.24, 2.45) is 5.92 Å². The molecule has 1 aromatic carbocycles. The highest BCUT2D eigenvalue weighted by molar-refractivity contribution is 7.91.